The molecular formula is C29H27ClN4O5. The Balaban J connectivity index is 1.68. The number of aryl methyl sites for hydroxylation is 1. The number of rotatable bonds is 9. The number of hydrogen-bond acceptors (Lipinski definition) is 7. The van der Waals surface area contributed by atoms with Crippen molar-refractivity contribution < 1.29 is 23.9 Å². The summed E-state index contributed by atoms with van der Waals surface area (Å²) in [5.74, 6) is -1.17. The smallest absolute Gasteiger partial charge is 0.271 e. The second-order valence-corrected chi connectivity index (χ2v) is 9.25. The van der Waals surface area contributed by atoms with Gasteiger partial charge in [-0.05, 0) is 47.9 Å². The second kappa shape index (κ2) is 12.1. The van der Waals surface area contributed by atoms with Crippen molar-refractivity contribution >= 4 is 35.3 Å². The van der Waals surface area contributed by atoms with Crippen LogP contribution in [-0.2, 0) is 9.47 Å². The third kappa shape index (κ3) is 5.96. The van der Waals surface area contributed by atoms with Gasteiger partial charge in [0.15, 0.2) is 18.2 Å². The van der Waals surface area contributed by atoms with E-state index in [1.165, 1.54) is 44.8 Å². The Morgan fingerprint density at radius 2 is 1.62 bits per heavy atom. The van der Waals surface area contributed by atoms with Crippen LogP contribution in [0.3, 0.4) is 0 Å². The molecule has 0 saturated heterocycles. The van der Waals surface area contributed by atoms with E-state index in [1.807, 2.05) is 37.3 Å². The predicted molar refractivity (Wildman–Crippen MR) is 146 cm³/mol. The van der Waals surface area contributed by atoms with Gasteiger partial charge in [0.05, 0.1) is 0 Å². The number of pyridine rings is 2. The minimum Gasteiger partial charge on any atom is -0.352 e. The lowest BCUT2D eigenvalue weighted by molar-refractivity contribution is -0.106. The van der Waals surface area contributed by atoms with Crippen LogP contribution in [0.1, 0.15) is 54.3 Å². The van der Waals surface area contributed by atoms with Crippen LogP contribution in [0.25, 0.3) is 5.57 Å². The number of carbonyl (C=O) groups is 3. The van der Waals surface area contributed by atoms with Gasteiger partial charge in [0.25, 0.3) is 11.8 Å². The average molecular weight is 547 g/mol. The van der Waals surface area contributed by atoms with E-state index in [0.29, 0.717) is 23.0 Å². The summed E-state index contributed by atoms with van der Waals surface area (Å²) in [6, 6.07) is 13.8. The van der Waals surface area contributed by atoms with Crippen molar-refractivity contribution in [3.8, 4) is 0 Å². The zero-order valence-electron chi connectivity index (χ0n) is 21.6. The monoisotopic (exact) mass is 546 g/mol. The first-order valence-corrected chi connectivity index (χ1v) is 12.4. The number of carbonyl (C=O) groups excluding carboxylic acids is 3. The molecule has 10 heteroatoms. The summed E-state index contributed by atoms with van der Waals surface area (Å²) >= 11 is 7.06. The van der Waals surface area contributed by atoms with Crippen LogP contribution in [-0.4, -0.2) is 53.3 Å². The Hall–Kier alpha value is -4.18. The molecule has 4 rings (SSSR count). The lowest BCUT2D eigenvalue weighted by Gasteiger charge is -2.39. The number of amides is 2. The second-order valence-electron chi connectivity index (χ2n) is 8.81. The zero-order chi connectivity index (χ0) is 28.0. The van der Waals surface area contributed by atoms with Crippen LogP contribution in [0.2, 0.25) is 0 Å². The van der Waals surface area contributed by atoms with E-state index in [9.17, 15) is 14.4 Å². The Morgan fingerprint density at radius 3 is 2.15 bits per heavy atom. The normalized spacial score (nSPS) is 18.4. The Kier molecular flexibility index (Phi) is 8.65. The van der Waals surface area contributed by atoms with Crippen molar-refractivity contribution in [3.05, 3.63) is 113 Å². The van der Waals surface area contributed by atoms with Crippen LogP contribution in [0.15, 0.2) is 79.2 Å². The van der Waals surface area contributed by atoms with Crippen LogP contribution in [0.5, 0.6) is 0 Å². The first kappa shape index (κ1) is 27.8. The number of alkyl halides is 1. The number of aldehydes is 1. The largest absolute Gasteiger partial charge is 0.352 e. The van der Waals surface area contributed by atoms with Gasteiger partial charge in [-0.15, -0.1) is 11.6 Å². The third-order valence-corrected chi connectivity index (χ3v) is 6.86. The summed E-state index contributed by atoms with van der Waals surface area (Å²) in [4.78, 5) is 46.1. The van der Waals surface area contributed by atoms with E-state index in [0.717, 1.165) is 11.1 Å². The van der Waals surface area contributed by atoms with E-state index >= 15 is 0 Å². The van der Waals surface area contributed by atoms with Gasteiger partial charge in [0.1, 0.15) is 16.8 Å². The SMILES string of the molecule is COC(OC)c1ccc(C(=O)NC2(NC(=O)c3ccc(C=O)cn3)C=CC=C(c3ccccc3C)C2Cl)nc1. The molecule has 9 nitrogen and oxygen atoms in total. The topological polar surface area (TPSA) is 120 Å². The number of halogens is 1. The number of nitrogens with zero attached hydrogens (tertiary/aromatic N) is 2. The zero-order valence-corrected chi connectivity index (χ0v) is 22.3. The number of aromatic nitrogens is 2. The van der Waals surface area contributed by atoms with Crippen LogP contribution < -0.4 is 10.6 Å². The number of ether oxygens (including phenoxy) is 2. The maximum absolute atomic E-state index is 13.4. The van der Waals surface area contributed by atoms with Gasteiger partial charge in [-0.25, -0.2) is 0 Å². The molecule has 0 spiro atoms. The number of allylic oxidation sites excluding steroid dienone is 2. The van der Waals surface area contributed by atoms with Crippen molar-refractivity contribution in [3.63, 3.8) is 0 Å². The van der Waals surface area contributed by atoms with Gasteiger partial charge in [0, 0.05) is 37.7 Å². The maximum atomic E-state index is 13.4. The molecule has 1 aromatic carbocycles. The van der Waals surface area contributed by atoms with Gasteiger partial charge in [-0.2, -0.15) is 0 Å². The molecule has 0 radical (unpaired) electrons. The van der Waals surface area contributed by atoms with Gasteiger partial charge < -0.3 is 20.1 Å². The molecule has 2 heterocycles. The first-order chi connectivity index (χ1) is 18.8. The molecule has 2 aromatic heterocycles. The molecule has 200 valence electrons. The fourth-order valence-electron chi connectivity index (χ4n) is 4.24. The predicted octanol–water partition coefficient (Wildman–Crippen LogP) is 4.01. The Bertz CT molecular complexity index is 1420. The molecule has 2 amide bonds. The Morgan fingerprint density at radius 1 is 0.974 bits per heavy atom. The minimum atomic E-state index is -1.55. The molecule has 0 aliphatic heterocycles. The lowest BCUT2D eigenvalue weighted by atomic mass is 9.87. The van der Waals surface area contributed by atoms with E-state index in [2.05, 4.69) is 20.6 Å². The molecule has 1 aliphatic carbocycles. The number of methoxy groups -OCH3 is 2. The molecule has 39 heavy (non-hydrogen) atoms. The van der Waals surface area contributed by atoms with Crippen molar-refractivity contribution in [1.82, 2.24) is 20.6 Å². The first-order valence-electron chi connectivity index (χ1n) is 12.0. The van der Waals surface area contributed by atoms with Crippen LogP contribution in [0, 0.1) is 6.92 Å². The number of hydrogen-bond donors (Lipinski definition) is 2. The molecule has 0 bridgehead atoms. The fourth-order valence-corrected chi connectivity index (χ4v) is 4.61. The summed E-state index contributed by atoms with van der Waals surface area (Å²) in [6.45, 7) is 1.95. The summed E-state index contributed by atoms with van der Waals surface area (Å²) in [5.41, 5.74) is 2.10. The fraction of sp³-hybridized carbons (Fsp3) is 0.207. The summed E-state index contributed by atoms with van der Waals surface area (Å²) < 4.78 is 10.5. The van der Waals surface area contributed by atoms with Crippen molar-refractivity contribution in [2.24, 2.45) is 0 Å². The molecule has 1 aliphatic rings. The summed E-state index contributed by atoms with van der Waals surface area (Å²) in [7, 11) is 3.00. The number of nitrogens with one attached hydrogen (secondary N) is 2. The lowest BCUT2D eigenvalue weighted by Crippen LogP contribution is -2.65. The maximum Gasteiger partial charge on any atom is 0.271 e. The highest BCUT2D eigenvalue weighted by molar-refractivity contribution is 6.28. The van der Waals surface area contributed by atoms with Crippen LogP contribution in [0.4, 0.5) is 0 Å². The van der Waals surface area contributed by atoms with E-state index in [4.69, 9.17) is 21.1 Å². The van der Waals surface area contributed by atoms with Gasteiger partial charge >= 0.3 is 0 Å². The third-order valence-electron chi connectivity index (χ3n) is 6.28. The number of benzene rings is 1. The molecule has 0 fully saturated rings. The highest BCUT2D eigenvalue weighted by Gasteiger charge is 2.43. The highest BCUT2D eigenvalue weighted by Crippen LogP contribution is 2.35. The summed E-state index contributed by atoms with van der Waals surface area (Å²) in [5, 5.41) is 4.83. The minimum absolute atomic E-state index is 0.0473. The Labute approximate surface area is 230 Å². The standard InChI is InChI=1S/C29H27ClN4O5/c1-18-7-4-5-8-21(18)22-9-6-14-29(25(22)30,33-26(36)23-12-10-19(17-35)15-31-23)34-27(37)24-13-11-20(16-32-24)28(38-2)39-3/h4-17,25,28H,1-3H3,(H,33,36)(H,34,37). The highest BCUT2D eigenvalue weighted by atomic mass is 35.5. The molecule has 2 atom stereocenters. The van der Waals surface area contributed by atoms with Crippen molar-refractivity contribution in [1.29, 1.82) is 0 Å². The molecule has 3 aromatic rings. The van der Waals surface area contributed by atoms with E-state index < -0.39 is 29.1 Å². The molecule has 2 unspecified atom stereocenters. The van der Waals surface area contributed by atoms with Crippen molar-refractivity contribution in [2.75, 3.05) is 14.2 Å². The van der Waals surface area contributed by atoms with Gasteiger partial charge in [0.2, 0.25) is 0 Å². The molecule has 0 saturated carbocycles. The van der Waals surface area contributed by atoms with E-state index in [1.54, 1.807) is 18.2 Å². The quantitative estimate of drug-likeness (QED) is 0.236. The average Bonchev–Trinajstić information content (AvgIpc) is 2.96. The molecule has 2 N–H and O–H groups in total. The van der Waals surface area contributed by atoms with Gasteiger partial charge in [-0.3, -0.25) is 24.4 Å². The van der Waals surface area contributed by atoms with Crippen LogP contribution >= 0.6 is 11.6 Å². The van der Waals surface area contributed by atoms with E-state index in [-0.39, 0.29) is 11.4 Å². The molecular weight excluding hydrogens is 520 g/mol. The van der Waals surface area contributed by atoms with Gasteiger partial charge in [-0.1, -0.05) is 42.5 Å². The van der Waals surface area contributed by atoms with Crippen molar-refractivity contribution in [2.45, 2.75) is 24.3 Å². The summed E-state index contributed by atoms with van der Waals surface area (Å²) in [6.07, 6.45) is 7.95.